The average molecular weight is 349 g/mol. The summed E-state index contributed by atoms with van der Waals surface area (Å²) in [5, 5.41) is 14.1. The van der Waals surface area contributed by atoms with Crippen LogP contribution in [0, 0.1) is 0 Å². The fraction of sp³-hybridized carbons (Fsp3) is 0.500. The molecular weight excluding hydrogens is 332 g/mol. The van der Waals surface area contributed by atoms with Gasteiger partial charge in [-0.25, -0.2) is 0 Å². The number of aliphatic hydroxyl groups excluding tert-OH is 1. The summed E-state index contributed by atoms with van der Waals surface area (Å²) in [7, 11) is 0. The van der Waals surface area contributed by atoms with Gasteiger partial charge in [-0.2, -0.15) is 0 Å². The smallest absolute Gasteiger partial charge is 0.262 e. The third kappa shape index (κ3) is 5.30. The van der Waals surface area contributed by atoms with Crippen molar-refractivity contribution < 1.29 is 14.7 Å². The SMILES string of the molecule is CC(CCO)NC(=O)C(C)NC(=O)c1ccc(Br)s1. The zero-order valence-corrected chi connectivity index (χ0v) is 13.2. The zero-order valence-electron chi connectivity index (χ0n) is 10.8. The van der Waals surface area contributed by atoms with Crippen LogP contribution in [0.4, 0.5) is 0 Å². The first-order valence-corrected chi connectivity index (χ1v) is 7.52. The number of hydrogen-bond donors (Lipinski definition) is 3. The van der Waals surface area contributed by atoms with Crippen LogP contribution in [0.3, 0.4) is 0 Å². The standard InChI is InChI=1S/C12H17BrN2O3S/c1-7(5-6-16)14-11(17)8(2)15-12(18)9-3-4-10(13)19-9/h3-4,7-8,16H,5-6H2,1-2H3,(H,14,17)(H,15,18). The van der Waals surface area contributed by atoms with E-state index in [-0.39, 0.29) is 24.5 Å². The van der Waals surface area contributed by atoms with Gasteiger partial charge in [0.2, 0.25) is 5.91 Å². The number of halogens is 1. The van der Waals surface area contributed by atoms with E-state index >= 15 is 0 Å². The highest BCUT2D eigenvalue weighted by atomic mass is 79.9. The van der Waals surface area contributed by atoms with E-state index in [1.165, 1.54) is 11.3 Å². The van der Waals surface area contributed by atoms with Crippen LogP contribution >= 0.6 is 27.3 Å². The minimum Gasteiger partial charge on any atom is -0.396 e. The van der Waals surface area contributed by atoms with Crippen LogP contribution in [0.25, 0.3) is 0 Å². The quantitative estimate of drug-likeness (QED) is 0.729. The van der Waals surface area contributed by atoms with Gasteiger partial charge >= 0.3 is 0 Å². The Kier molecular flexibility index (Phi) is 6.47. The van der Waals surface area contributed by atoms with Gasteiger partial charge in [-0.1, -0.05) is 0 Å². The van der Waals surface area contributed by atoms with Gasteiger partial charge in [0.15, 0.2) is 0 Å². The van der Waals surface area contributed by atoms with Crippen LogP contribution in [0.2, 0.25) is 0 Å². The van der Waals surface area contributed by atoms with Crippen LogP contribution in [0.15, 0.2) is 15.9 Å². The number of aliphatic hydroxyl groups is 1. The number of rotatable bonds is 6. The molecule has 0 bridgehead atoms. The molecule has 1 rings (SSSR count). The van der Waals surface area contributed by atoms with Crippen LogP contribution in [0.5, 0.6) is 0 Å². The molecule has 2 atom stereocenters. The maximum atomic E-state index is 11.8. The fourth-order valence-electron chi connectivity index (χ4n) is 1.40. The molecule has 1 heterocycles. The van der Waals surface area contributed by atoms with E-state index in [0.29, 0.717) is 11.3 Å². The second kappa shape index (κ2) is 7.62. The number of amides is 2. The van der Waals surface area contributed by atoms with Crippen LogP contribution in [0.1, 0.15) is 29.9 Å². The predicted molar refractivity (Wildman–Crippen MR) is 78.3 cm³/mol. The summed E-state index contributed by atoms with van der Waals surface area (Å²) in [6, 6.07) is 2.75. The molecule has 0 aliphatic heterocycles. The van der Waals surface area contributed by atoms with Gasteiger partial charge in [0, 0.05) is 12.6 Å². The largest absolute Gasteiger partial charge is 0.396 e. The highest BCUT2D eigenvalue weighted by Gasteiger charge is 2.18. The number of hydrogen-bond acceptors (Lipinski definition) is 4. The van der Waals surface area contributed by atoms with Crippen molar-refractivity contribution in [2.24, 2.45) is 0 Å². The van der Waals surface area contributed by atoms with Crippen molar-refractivity contribution in [3.8, 4) is 0 Å². The van der Waals surface area contributed by atoms with E-state index in [9.17, 15) is 9.59 Å². The van der Waals surface area contributed by atoms with Crippen molar-refractivity contribution in [2.75, 3.05) is 6.61 Å². The van der Waals surface area contributed by atoms with Gasteiger partial charge < -0.3 is 15.7 Å². The Morgan fingerprint density at radius 1 is 1.37 bits per heavy atom. The lowest BCUT2D eigenvalue weighted by Crippen LogP contribution is -2.47. The molecule has 19 heavy (non-hydrogen) atoms. The number of thiophene rings is 1. The highest BCUT2D eigenvalue weighted by Crippen LogP contribution is 2.21. The van der Waals surface area contributed by atoms with Crippen molar-refractivity contribution in [1.82, 2.24) is 10.6 Å². The molecule has 0 saturated carbocycles. The van der Waals surface area contributed by atoms with E-state index < -0.39 is 6.04 Å². The summed E-state index contributed by atoms with van der Waals surface area (Å²) in [6.45, 7) is 3.45. The summed E-state index contributed by atoms with van der Waals surface area (Å²) in [6.07, 6.45) is 0.490. The third-order valence-corrected chi connectivity index (χ3v) is 4.11. The lowest BCUT2D eigenvalue weighted by molar-refractivity contribution is -0.123. The van der Waals surface area contributed by atoms with Gasteiger partial charge in [-0.05, 0) is 48.3 Å². The van der Waals surface area contributed by atoms with E-state index in [2.05, 4.69) is 26.6 Å². The monoisotopic (exact) mass is 348 g/mol. The Labute approximate surface area is 124 Å². The summed E-state index contributed by atoms with van der Waals surface area (Å²) < 4.78 is 0.867. The van der Waals surface area contributed by atoms with Gasteiger partial charge in [0.1, 0.15) is 6.04 Å². The minimum atomic E-state index is -0.616. The van der Waals surface area contributed by atoms with Crippen molar-refractivity contribution in [2.45, 2.75) is 32.4 Å². The summed E-state index contributed by atoms with van der Waals surface area (Å²) in [5.74, 6) is -0.530. The lowest BCUT2D eigenvalue weighted by atomic mass is 10.2. The van der Waals surface area contributed by atoms with Crippen molar-refractivity contribution in [3.63, 3.8) is 0 Å². The number of carbonyl (C=O) groups is 2. The number of carbonyl (C=O) groups excluding carboxylic acids is 2. The summed E-state index contributed by atoms with van der Waals surface area (Å²) in [4.78, 5) is 24.2. The molecule has 3 N–H and O–H groups in total. The molecule has 0 spiro atoms. The molecule has 5 nitrogen and oxygen atoms in total. The van der Waals surface area contributed by atoms with E-state index in [0.717, 1.165) is 3.79 Å². The molecular formula is C12H17BrN2O3S. The molecule has 0 aliphatic carbocycles. The second-order valence-electron chi connectivity index (χ2n) is 4.22. The second-order valence-corrected chi connectivity index (χ2v) is 6.68. The molecule has 106 valence electrons. The average Bonchev–Trinajstić information content (AvgIpc) is 2.76. The van der Waals surface area contributed by atoms with E-state index in [4.69, 9.17) is 5.11 Å². The fourth-order valence-corrected chi connectivity index (χ4v) is 2.69. The van der Waals surface area contributed by atoms with Crippen LogP contribution < -0.4 is 10.6 Å². The molecule has 0 radical (unpaired) electrons. The molecule has 7 heteroatoms. The van der Waals surface area contributed by atoms with Gasteiger partial charge in [0.05, 0.1) is 8.66 Å². The van der Waals surface area contributed by atoms with E-state index in [1.807, 2.05) is 0 Å². The Hall–Kier alpha value is -0.920. The van der Waals surface area contributed by atoms with Crippen molar-refractivity contribution in [1.29, 1.82) is 0 Å². The van der Waals surface area contributed by atoms with Gasteiger partial charge in [-0.3, -0.25) is 9.59 Å². The van der Waals surface area contributed by atoms with Crippen LogP contribution in [-0.2, 0) is 4.79 Å². The predicted octanol–water partition coefficient (Wildman–Crippen LogP) is 1.52. The molecule has 2 unspecified atom stereocenters. The summed E-state index contributed by atoms with van der Waals surface area (Å²) in [5.41, 5.74) is 0. The normalized spacial score (nSPS) is 13.7. The molecule has 2 amide bonds. The molecule has 1 aromatic rings. The molecule has 0 aromatic carbocycles. The Morgan fingerprint density at radius 3 is 2.58 bits per heavy atom. The molecule has 0 aliphatic rings. The minimum absolute atomic E-state index is 0.0193. The maximum absolute atomic E-state index is 11.8. The number of nitrogens with one attached hydrogen (secondary N) is 2. The van der Waals surface area contributed by atoms with Gasteiger partial charge in [-0.15, -0.1) is 11.3 Å². The molecule has 0 fully saturated rings. The van der Waals surface area contributed by atoms with E-state index in [1.54, 1.807) is 26.0 Å². The molecule has 1 aromatic heterocycles. The first kappa shape index (κ1) is 16.1. The first-order valence-electron chi connectivity index (χ1n) is 5.91. The van der Waals surface area contributed by atoms with Gasteiger partial charge in [0.25, 0.3) is 5.91 Å². The Balaban J connectivity index is 2.47. The Bertz CT molecular complexity index is 450. The zero-order chi connectivity index (χ0) is 14.4. The van der Waals surface area contributed by atoms with Crippen LogP contribution in [-0.4, -0.2) is 35.6 Å². The third-order valence-electron chi connectivity index (χ3n) is 2.49. The topological polar surface area (TPSA) is 78.4 Å². The van der Waals surface area contributed by atoms with Crippen molar-refractivity contribution >= 4 is 39.1 Å². The highest BCUT2D eigenvalue weighted by molar-refractivity contribution is 9.11. The molecule has 0 saturated heterocycles. The lowest BCUT2D eigenvalue weighted by Gasteiger charge is -2.17. The Morgan fingerprint density at radius 2 is 2.05 bits per heavy atom. The summed E-state index contributed by atoms with van der Waals surface area (Å²) >= 11 is 4.59. The maximum Gasteiger partial charge on any atom is 0.262 e. The first-order chi connectivity index (χ1) is 8.93. The van der Waals surface area contributed by atoms with Crippen molar-refractivity contribution in [3.05, 3.63) is 20.8 Å².